The Bertz CT molecular complexity index is 1720. The van der Waals surface area contributed by atoms with Crippen molar-refractivity contribution >= 4 is 49.9 Å². The van der Waals surface area contributed by atoms with Crippen LogP contribution in [-0.4, -0.2) is 12.1 Å². The van der Waals surface area contributed by atoms with Crippen molar-refractivity contribution in [3.63, 3.8) is 0 Å². The smallest absolute Gasteiger partial charge is 0.345 e. The molecule has 37 heavy (non-hydrogen) atoms. The van der Waals surface area contributed by atoms with E-state index >= 15 is 0 Å². The molecule has 182 valence electrons. The third kappa shape index (κ3) is 5.48. The Labute approximate surface area is 225 Å². The lowest BCUT2D eigenvalue weighted by Crippen LogP contribution is -2.03. The number of aromatic nitrogens is 1. The molecular formula is C29H19BrN2O4S. The van der Waals surface area contributed by atoms with Gasteiger partial charge in [0.05, 0.1) is 23.9 Å². The number of benzene rings is 3. The fourth-order valence-electron chi connectivity index (χ4n) is 3.73. The summed E-state index contributed by atoms with van der Waals surface area (Å²) in [6.45, 7) is 0.414. The molecule has 0 fully saturated rings. The van der Waals surface area contributed by atoms with Crippen LogP contribution in [0, 0.1) is 11.3 Å². The van der Waals surface area contributed by atoms with Crippen LogP contribution in [0.5, 0.6) is 11.5 Å². The van der Waals surface area contributed by atoms with Gasteiger partial charge in [-0.2, -0.15) is 5.26 Å². The predicted molar refractivity (Wildman–Crippen MR) is 149 cm³/mol. The molecule has 0 aliphatic rings. The Morgan fingerprint density at radius 1 is 1.11 bits per heavy atom. The van der Waals surface area contributed by atoms with Crippen LogP contribution in [0.4, 0.5) is 0 Å². The summed E-state index contributed by atoms with van der Waals surface area (Å²) in [6, 6.07) is 24.7. The maximum absolute atomic E-state index is 12.6. The van der Waals surface area contributed by atoms with Crippen LogP contribution < -0.4 is 15.1 Å². The number of halogens is 1. The molecule has 0 atom stereocenters. The van der Waals surface area contributed by atoms with Gasteiger partial charge in [0.15, 0.2) is 11.5 Å². The van der Waals surface area contributed by atoms with Crippen LogP contribution in [0.3, 0.4) is 0 Å². The molecule has 0 unspecified atom stereocenters. The van der Waals surface area contributed by atoms with Gasteiger partial charge in [0.1, 0.15) is 23.3 Å². The highest BCUT2D eigenvalue weighted by molar-refractivity contribution is 9.10. The number of fused-ring (bicyclic) bond motifs is 1. The first-order valence-electron chi connectivity index (χ1n) is 11.2. The second-order valence-corrected chi connectivity index (χ2v) is 9.80. The van der Waals surface area contributed by atoms with Gasteiger partial charge in [0, 0.05) is 15.2 Å². The first kappa shape index (κ1) is 24.5. The standard InChI is InChI=1S/C29H19BrN2O4S/c1-34-27-12-19(7-9-26(27)35-16-18-5-3-2-4-6-18)11-21(15-31)28-32-24(17-37-28)23-14-20-13-22(30)8-10-25(20)36-29(23)33/h2-14,17H,16H2,1H3. The molecule has 0 spiro atoms. The van der Waals surface area contributed by atoms with Gasteiger partial charge in [-0.05, 0) is 53.6 Å². The van der Waals surface area contributed by atoms with Crippen molar-refractivity contribution in [2.45, 2.75) is 6.61 Å². The molecule has 0 N–H and O–H groups in total. The molecule has 0 aliphatic carbocycles. The minimum atomic E-state index is -0.481. The lowest BCUT2D eigenvalue weighted by Gasteiger charge is -2.11. The molecule has 5 rings (SSSR count). The molecule has 5 aromatic rings. The number of hydrogen-bond acceptors (Lipinski definition) is 7. The summed E-state index contributed by atoms with van der Waals surface area (Å²) in [5.41, 5.74) is 2.98. The minimum absolute atomic E-state index is 0.340. The lowest BCUT2D eigenvalue weighted by atomic mass is 10.1. The lowest BCUT2D eigenvalue weighted by molar-refractivity contribution is 0.284. The average Bonchev–Trinajstić information content (AvgIpc) is 3.41. The molecule has 0 radical (unpaired) electrons. The number of methoxy groups -OCH3 is 1. The first-order valence-corrected chi connectivity index (χ1v) is 12.9. The van der Waals surface area contributed by atoms with E-state index in [1.54, 1.807) is 30.7 Å². The molecule has 0 aliphatic heterocycles. The van der Waals surface area contributed by atoms with E-state index in [2.05, 4.69) is 27.0 Å². The second kappa shape index (κ2) is 10.8. The summed E-state index contributed by atoms with van der Waals surface area (Å²) in [4.78, 5) is 17.1. The Morgan fingerprint density at radius 3 is 2.73 bits per heavy atom. The summed E-state index contributed by atoms with van der Waals surface area (Å²) < 4.78 is 17.8. The number of thiazole rings is 1. The predicted octanol–water partition coefficient (Wildman–Crippen LogP) is 7.33. The Balaban J connectivity index is 1.41. The molecular weight excluding hydrogens is 552 g/mol. The van der Waals surface area contributed by atoms with E-state index in [9.17, 15) is 10.1 Å². The van der Waals surface area contributed by atoms with Gasteiger partial charge in [-0.3, -0.25) is 0 Å². The summed E-state index contributed by atoms with van der Waals surface area (Å²) in [5, 5.41) is 12.9. The summed E-state index contributed by atoms with van der Waals surface area (Å²) in [5.74, 6) is 1.16. The monoisotopic (exact) mass is 570 g/mol. The SMILES string of the molecule is COc1cc(C=C(C#N)c2nc(-c3cc4cc(Br)ccc4oc3=O)cs2)ccc1OCc1ccccc1. The second-order valence-electron chi connectivity index (χ2n) is 8.02. The summed E-state index contributed by atoms with van der Waals surface area (Å²) >= 11 is 4.72. The van der Waals surface area contributed by atoms with Gasteiger partial charge < -0.3 is 13.9 Å². The van der Waals surface area contributed by atoms with E-state index in [0.29, 0.717) is 45.5 Å². The number of hydrogen-bond donors (Lipinski definition) is 0. The quantitative estimate of drug-likeness (QED) is 0.150. The van der Waals surface area contributed by atoms with Gasteiger partial charge in [-0.1, -0.05) is 52.3 Å². The van der Waals surface area contributed by atoms with E-state index < -0.39 is 5.63 Å². The highest BCUT2D eigenvalue weighted by atomic mass is 79.9. The fourth-order valence-corrected chi connectivity index (χ4v) is 4.90. The zero-order valence-corrected chi connectivity index (χ0v) is 22.0. The van der Waals surface area contributed by atoms with Crippen molar-refractivity contribution in [1.29, 1.82) is 5.26 Å². The van der Waals surface area contributed by atoms with E-state index in [4.69, 9.17) is 13.9 Å². The molecule has 8 heteroatoms. The van der Waals surface area contributed by atoms with Crippen molar-refractivity contribution in [3.8, 4) is 28.8 Å². The molecule has 0 saturated carbocycles. The number of allylic oxidation sites excluding steroid dienone is 1. The first-order chi connectivity index (χ1) is 18.0. The van der Waals surface area contributed by atoms with Crippen LogP contribution in [0.15, 0.2) is 91.9 Å². The summed E-state index contributed by atoms with van der Waals surface area (Å²) in [6.07, 6.45) is 1.73. The minimum Gasteiger partial charge on any atom is -0.493 e. The van der Waals surface area contributed by atoms with Crippen LogP contribution in [0.25, 0.3) is 33.9 Å². The average molecular weight is 571 g/mol. The van der Waals surface area contributed by atoms with Crippen LogP contribution in [0.1, 0.15) is 16.1 Å². The van der Waals surface area contributed by atoms with Gasteiger partial charge in [0.25, 0.3) is 0 Å². The van der Waals surface area contributed by atoms with Crippen LogP contribution >= 0.6 is 27.3 Å². The van der Waals surface area contributed by atoms with Crippen LogP contribution in [-0.2, 0) is 6.61 Å². The topological polar surface area (TPSA) is 85.4 Å². The fraction of sp³-hybridized carbons (Fsp3) is 0.0690. The van der Waals surface area contributed by atoms with Crippen molar-refractivity contribution in [1.82, 2.24) is 4.98 Å². The third-order valence-electron chi connectivity index (χ3n) is 5.56. The Kier molecular flexibility index (Phi) is 7.17. The normalized spacial score (nSPS) is 11.3. The van der Waals surface area contributed by atoms with E-state index in [1.807, 2.05) is 60.7 Å². The highest BCUT2D eigenvalue weighted by Crippen LogP contribution is 2.32. The van der Waals surface area contributed by atoms with Crippen molar-refractivity contribution < 1.29 is 13.9 Å². The Hall–Kier alpha value is -4.19. The van der Waals surface area contributed by atoms with Gasteiger partial charge in [-0.25, -0.2) is 9.78 Å². The molecule has 2 heterocycles. The molecule has 0 amide bonds. The van der Waals surface area contributed by atoms with E-state index in [-0.39, 0.29) is 0 Å². The highest BCUT2D eigenvalue weighted by Gasteiger charge is 2.15. The number of nitriles is 1. The van der Waals surface area contributed by atoms with E-state index in [1.165, 1.54) is 11.3 Å². The van der Waals surface area contributed by atoms with Gasteiger partial charge in [0.2, 0.25) is 0 Å². The van der Waals surface area contributed by atoms with Crippen molar-refractivity contribution in [3.05, 3.63) is 109 Å². The molecule has 2 aromatic heterocycles. The Morgan fingerprint density at radius 2 is 1.95 bits per heavy atom. The maximum Gasteiger partial charge on any atom is 0.345 e. The number of rotatable bonds is 7. The number of ether oxygens (including phenoxy) is 2. The molecule has 0 saturated heterocycles. The zero-order chi connectivity index (χ0) is 25.8. The van der Waals surface area contributed by atoms with Gasteiger partial charge >= 0.3 is 5.63 Å². The van der Waals surface area contributed by atoms with Gasteiger partial charge in [-0.15, -0.1) is 11.3 Å². The number of nitrogens with zero attached hydrogens (tertiary/aromatic N) is 2. The van der Waals surface area contributed by atoms with Crippen molar-refractivity contribution in [2.24, 2.45) is 0 Å². The summed E-state index contributed by atoms with van der Waals surface area (Å²) in [7, 11) is 1.57. The third-order valence-corrected chi connectivity index (χ3v) is 6.93. The molecule has 3 aromatic carbocycles. The van der Waals surface area contributed by atoms with Crippen molar-refractivity contribution in [2.75, 3.05) is 7.11 Å². The maximum atomic E-state index is 12.6. The molecule has 0 bridgehead atoms. The largest absolute Gasteiger partial charge is 0.493 e. The van der Waals surface area contributed by atoms with E-state index in [0.717, 1.165) is 21.0 Å². The zero-order valence-electron chi connectivity index (χ0n) is 19.6. The van der Waals surface area contributed by atoms with Crippen LogP contribution in [0.2, 0.25) is 0 Å². The molecule has 6 nitrogen and oxygen atoms in total.